The van der Waals surface area contributed by atoms with Gasteiger partial charge >= 0.3 is 0 Å². The minimum Gasteiger partial charge on any atom is -0.303 e. The third kappa shape index (κ3) is 2.20. The van der Waals surface area contributed by atoms with E-state index in [1.54, 1.807) is 0 Å². The van der Waals surface area contributed by atoms with Crippen molar-refractivity contribution in [3.05, 3.63) is 11.6 Å². The molecule has 0 aliphatic heterocycles. The van der Waals surface area contributed by atoms with Crippen molar-refractivity contribution in [3.63, 3.8) is 0 Å². The molecule has 0 saturated heterocycles. The number of allylic oxidation sites excluding steroid dienone is 2. The second-order valence-electron chi connectivity index (χ2n) is 4.42. The van der Waals surface area contributed by atoms with E-state index in [4.69, 9.17) is 0 Å². The normalized spacial score (nSPS) is 32.8. The molecule has 1 nitrogen and oxygen atoms in total. The lowest BCUT2D eigenvalue weighted by Gasteiger charge is -2.05. The van der Waals surface area contributed by atoms with Gasteiger partial charge in [-0.3, -0.25) is 0 Å². The van der Waals surface area contributed by atoms with Crippen molar-refractivity contribution in [1.29, 1.82) is 0 Å². The Balaban J connectivity index is 2.25. The Morgan fingerprint density at radius 2 is 2.25 bits per heavy atom. The van der Waals surface area contributed by atoms with Gasteiger partial charge in [0.15, 0.2) is 0 Å². The van der Waals surface area contributed by atoms with Gasteiger partial charge < -0.3 is 4.79 Å². The molecule has 0 bridgehead atoms. The first kappa shape index (κ1) is 9.50. The summed E-state index contributed by atoms with van der Waals surface area (Å²) in [6, 6.07) is 0. The van der Waals surface area contributed by atoms with Crippen molar-refractivity contribution < 1.29 is 4.79 Å². The topological polar surface area (TPSA) is 17.1 Å². The van der Waals surface area contributed by atoms with Crippen LogP contribution in [0.4, 0.5) is 0 Å². The molecule has 1 fully saturated rings. The predicted molar refractivity (Wildman–Crippen MR) is 50.9 cm³/mol. The smallest absolute Gasteiger partial charge is 0.123 e. The molecule has 1 heteroatoms. The first-order valence-electron chi connectivity index (χ1n) is 4.67. The Morgan fingerprint density at radius 3 is 2.67 bits per heavy atom. The SMILES string of the molecule is CC(C)=CCC[C@]1(C)C[C@H]1C=O. The molecule has 0 aromatic heterocycles. The van der Waals surface area contributed by atoms with E-state index in [0.717, 1.165) is 19.1 Å². The molecule has 12 heavy (non-hydrogen) atoms. The number of carbonyl (C=O) groups is 1. The maximum Gasteiger partial charge on any atom is 0.123 e. The van der Waals surface area contributed by atoms with E-state index < -0.39 is 0 Å². The van der Waals surface area contributed by atoms with Gasteiger partial charge in [-0.2, -0.15) is 0 Å². The molecule has 0 radical (unpaired) electrons. The first-order chi connectivity index (χ1) is 5.58. The van der Waals surface area contributed by atoms with Crippen LogP contribution in [-0.4, -0.2) is 6.29 Å². The monoisotopic (exact) mass is 166 g/mol. The average Bonchev–Trinajstić information content (AvgIpc) is 2.61. The molecule has 68 valence electrons. The predicted octanol–water partition coefficient (Wildman–Crippen LogP) is 2.96. The van der Waals surface area contributed by atoms with Gasteiger partial charge in [-0.05, 0) is 38.5 Å². The van der Waals surface area contributed by atoms with Crippen LogP contribution in [-0.2, 0) is 4.79 Å². The zero-order valence-electron chi connectivity index (χ0n) is 8.26. The van der Waals surface area contributed by atoms with Crippen molar-refractivity contribution in [2.45, 2.75) is 40.0 Å². The molecule has 2 atom stereocenters. The summed E-state index contributed by atoms with van der Waals surface area (Å²) < 4.78 is 0. The molecular weight excluding hydrogens is 148 g/mol. The van der Waals surface area contributed by atoms with Gasteiger partial charge in [0.05, 0.1) is 0 Å². The van der Waals surface area contributed by atoms with Crippen LogP contribution in [0.5, 0.6) is 0 Å². The summed E-state index contributed by atoms with van der Waals surface area (Å²) >= 11 is 0. The molecule has 1 saturated carbocycles. The Hall–Kier alpha value is -0.590. The van der Waals surface area contributed by atoms with Crippen molar-refractivity contribution in [2.75, 3.05) is 0 Å². The van der Waals surface area contributed by atoms with Crippen LogP contribution in [0.25, 0.3) is 0 Å². The number of hydrogen-bond donors (Lipinski definition) is 0. The quantitative estimate of drug-likeness (QED) is 0.463. The maximum absolute atomic E-state index is 10.5. The average molecular weight is 166 g/mol. The summed E-state index contributed by atoms with van der Waals surface area (Å²) in [6.07, 6.45) is 6.77. The summed E-state index contributed by atoms with van der Waals surface area (Å²) in [5, 5.41) is 0. The number of carbonyl (C=O) groups excluding carboxylic acids is 1. The maximum atomic E-state index is 10.5. The summed E-state index contributed by atoms with van der Waals surface area (Å²) in [5.74, 6) is 0.350. The number of rotatable bonds is 4. The van der Waals surface area contributed by atoms with Crippen LogP contribution in [0.15, 0.2) is 11.6 Å². The summed E-state index contributed by atoms with van der Waals surface area (Å²) in [5.41, 5.74) is 1.72. The standard InChI is InChI=1S/C11H18O/c1-9(2)5-4-6-11(3)7-10(11)8-12/h5,8,10H,4,6-7H2,1-3H3/t10-,11+/m0/s1. The highest BCUT2D eigenvalue weighted by molar-refractivity contribution is 5.59. The van der Waals surface area contributed by atoms with Crippen LogP contribution < -0.4 is 0 Å². The third-order valence-electron chi connectivity index (χ3n) is 2.85. The Kier molecular flexibility index (Phi) is 2.71. The highest BCUT2D eigenvalue weighted by atomic mass is 16.1. The second kappa shape index (κ2) is 3.42. The molecule has 0 aromatic carbocycles. The van der Waals surface area contributed by atoms with E-state index in [2.05, 4.69) is 26.8 Å². The van der Waals surface area contributed by atoms with Crippen molar-refractivity contribution in [3.8, 4) is 0 Å². The lowest BCUT2D eigenvalue weighted by molar-refractivity contribution is -0.109. The molecule has 0 unspecified atom stereocenters. The fourth-order valence-corrected chi connectivity index (χ4v) is 1.63. The van der Waals surface area contributed by atoms with E-state index in [1.165, 1.54) is 12.0 Å². The highest BCUT2D eigenvalue weighted by Gasteiger charge is 2.48. The van der Waals surface area contributed by atoms with Crippen LogP contribution in [0.2, 0.25) is 0 Å². The second-order valence-corrected chi connectivity index (χ2v) is 4.42. The highest BCUT2D eigenvalue weighted by Crippen LogP contribution is 2.54. The van der Waals surface area contributed by atoms with Crippen LogP contribution in [0, 0.1) is 11.3 Å². The lowest BCUT2D eigenvalue weighted by atomic mass is 9.99. The zero-order valence-corrected chi connectivity index (χ0v) is 8.26. The number of hydrogen-bond acceptors (Lipinski definition) is 1. The molecule has 1 aliphatic carbocycles. The fourth-order valence-electron chi connectivity index (χ4n) is 1.63. The minimum atomic E-state index is 0.341. The van der Waals surface area contributed by atoms with Gasteiger partial charge in [0.25, 0.3) is 0 Å². The van der Waals surface area contributed by atoms with Crippen molar-refractivity contribution in [2.24, 2.45) is 11.3 Å². The van der Waals surface area contributed by atoms with E-state index in [1.807, 2.05) is 0 Å². The Bertz CT molecular complexity index is 201. The van der Waals surface area contributed by atoms with Crippen LogP contribution in [0.1, 0.15) is 40.0 Å². The molecule has 1 rings (SSSR count). The summed E-state index contributed by atoms with van der Waals surface area (Å²) in [4.78, 5) is 10.5. The van der Waals surface area contributed by atoms with Crippen LogP contribution >= 0.6 is 0 Å². The third-order valence-corrected chi connectivity index (χ3v) is 2.85. The summed E-state index contributed by atoms with van der Waals surface area (Å²) in [6.45, 7) is 6.45. The Labute approximate surface area is 74.9 Å². The van der Waals surface area contributed by atoms with E-state index in [9.17, 15) is 4.79 Å². The fraction of sp³-hybridized carbons (Fsp3) is 0.727. The molecule has 0 spiro atoms. The molecule has 0 N–H and O–H groups in total. The largest absolute Gasteiger partial charge is 0.303 e. The van der Waals surface area contributed by atoms with E-state index in [-0.39, 0.29) is 0 Å². The minimum absolute atomic E-state index is 0.341. The van der Waals surface area contributed by atoms with E-state index in [0.29, 0.717) is 11.3 Å². The van der Waals surface area contributed by atoms with Gasteiger partial charge in [-0.1, -0.05) is 18.6 Å². The summed E-state index contributed by atoms with van der Waals surface area (Å²) in [7, 11) is 0. The number of aldehydes is 1. The Morgan fingerprint density at radius 1 is 1.58 bits per heavy atom. The molecule has 0 aromatic rings. The zero-order chi connectivity index (χ0) is 9.19. The van der Waals surface area contributed by atoms with Gasteiger partial charge in [-0.15, -0.1) is 0 Å². The van der Waals surface area contributed by atoms with E-state index >= 15 is 0 Å². The molecule has 0 amide bonds. The lowest BCUT2D eigenvalue weighted by Crippen LogP contribution is -1.97. The van der Waals surface area contributed by atoms with Crippen LogP contribution in [0.3, 0.4) is 0 Å². The van der Waals surface area contributed by atoms with Gasteiger partial charge in [0.1, 0.15) is 6.29 Å². The van der Waals surface area contributed by atoms with Gasteiger partial charge in [0.2, 0.25) is 0 Å². The van der Waals surface area contributed by atoms with Crippen molar-refractivity contribution >= 4 is 6.29 Å². The van der Waals surface area contributed by atoms with Crippen molar-refractivity contribution in [1.82, 2.24) is 0 Å². The van der Waals surface area contributed by atoms with Gasteiger partial charge in [0, 0.05) is 5.92 Å². The molecular formula is C11H18O. The molecule has 0 heterocycles. The molecule has 1 aliphatic rings. The first-order valence-corrected chi connectivity index (χ1v) is 4.67. The van der Waals surface area contributed by atoms with Gasteiger partial charge in [-0.25, -0.2) is 0 Å².